The van der Waals surface area contributed by atoms with E-state index in [1.807, 2.05) is 6.92 Å². The highest BCUT2D eigenvalue weighted by Crippen LogP contribution is 2.25. The lowest BCUT2D eigenvalue weighted by Gasteiger charge is -2.40. The number of carbonyl (C=O) groups is 1. The van der Waals surface area contributed by atoms with Crippen LogP contribution >= 0.6 is 0 Å². The second kappa shape index (κ2) is 6.56. The minimum absolute atomic E-state index is 0.172. The first-order valence-electron chi connectivity index (χ1n) is 6.54. The van der Waals surface area contributed by atoms with E-state index in [9.17, 15) is 18.0 Å². The van der Waals surface area contributed by atoms with Crippen molar-refractivity contribution in [1.82, 2.24) is 10.2 Å². The quantitative estimate of drug-likeness (QED) is 0.777. The van der Waals surface area contributed by atoms with Crippen LogP contribution in [0.4, 0.5) is 13.2 Å². The minimum atomic E-state index is -4.33. The second-order valence-corrected chi connectivity index (χ2v) is 4.71. The van der Waals surface area contributed by atoms with Gasteiger partial charge in [0, 0.05) is 13.1 Å². The van der Waals surface area contributed by atoms with Crippen molar-refractivity contribution in [1.29, 1.82) is 0 Å². The van der Waals surface area contributed by atoms with Gasteiger partial charge in [-0.1, -0.05) is 6.92 Å². The molecule has 1 aliphatic heterocycles. The predicted molar refractivity (Wildman–Crippen MR) is 64.8 cm³/mol. The van der Waals surface area contributed by atoms with E-state index >= 15 is 0 Å². The maximum absolute atomic E-state index is 12.3. The Morgan fingerprint density at radius 3 is 2.32 bits per heavy atom. The van der Waals surface area contributed by atoms with Crippen molar-refractivity contribution < 1.29 is 22.7 Å². The lowest BCUT2D eigenvalue weighted by molar-refractivity contribution is -0.158. The SMILES string of the molecule is CCOC(=O)C1(NCC(F)(F)F)CCN(CC)CC1. The highest BCUT2D eigenvalue weighted by Gasteiger charge is 2.44. The topological polar surface area (TPSA) is 41.6 Å². The average Bonchev–Trinajstić information content (AvgIpc) is 2.36. The maximum Gasteiger partial charge on any atom is 0.401 e. The summed E-state index contributed by atoms with van der Waals surface area (Å²) in [4.78, 5) is 14.1. The second-order valence-electron chi connectivity index (χ2n) is 4.71. The Hall–Kier alpha value is -0.820. The van der Waals surface area contributed by atoms with Crippen molar-refractivity contribution in [2.75, 3.05) is 32.8 Å². The van der Waals surface area contributed by atoms with Gasteiger partial charge >= 0.3 is 12.1 Å². The van der Waals surface area contributed by atoms with Gasteiger partial charge in [-0.05, 0) is 26.3 Å². The van der Waals surface area contributed by atoms with Crippen LogP contribution in [0.25, 0.3) is 0 Å². The summed E-state index contributed by atoms with van der Waals surface area (Å²) in [6, 6.07) is 0. The fourth-order valence-corrected chi connectivity index (χ4v) is 2.24. The van der Waals surface area contributed by atoms with Crippen LogP contribution in [-0.4, -0.2) is 55.4 Å². The standard InChI is InChI=1S/C12H21F3N2O2/c1-3-17-7-5-11(6-8-17,10(18)19-4-2)16-9-12(13,14)15/h16H,3-9H2,1-2H3. The zero-order valence-electron chi connectivity index (χ0n) is 11.3. The third kappa shape index (κ3) is 4.65. The van der Waals surface area contributed by atoms with Crippen LogP contribution < -0.4 is 5.32 Å². The number of piperidine rings is 1. The van der Waals surface area contributed by atoms with Crippen molar-refractivity contribution in [3.8, 4) is 0 Å². The molecule has 0 spiro atoms. The third-order valence-electron chi connectivity index (χ3n) is 3.45. The fraction of sp³-hybridized carbons (Fsp3) is 0.917. The molecule has 1 heterocycles. The molecule has 0 amide bonds. The first-order valence-corrected chi connectivity index (χ1v) is 6.54. The van der Waals surface area contributed by atoms with Crippen molar-refractivity contribution >= 4 is 5.97 Å². The van der Waals surface area contributed by atoms with Crippen molar-refractivity contribution in [3.05, 3.63) is 0 Å². The molecule has 0 aliphatic carbocycles. The highest BCUT2D eigenvalue weighted by atomic mass is 19.4. The first kappa shape index (κ1) is 16.2. The molecule has 112 valence electrons. The lowest BCUT2D eigenvalue weighted by Crippen LogP contribution is -2.60. The number of likely N-dealkylation sites (tertiary alicyclic amines) is 1. The predicted octanol–water partition coefficient (Wildman–Crippen LogP) is 1.56. The fourth-order valence-electron chi connectivity index (χ4n) is 2.24. The minimum Gasteiger partial charge on any atom is -0.465 e. The van der Waals surface area contributed by atoms with Crippen LogP contribution in [0.3, 0.4) is 0 Å². The van der Waals surface area contributed by atoms with Gasteiger partial charge in [0.1, 0.15) is 5.54 Å². The van der Waals surface area contributed by atoms with Crippen molar-refractivity contribution in [3.63, 3.8) is 0 Å². The molecule has 1 rings (SSSR count). The number of ether oxygens (including phenoxy) is 1. The largest absolute Gasteiger partial charge is 0.465 e. The Morgan fingerprint density at radius 2 is 1.89 bits per heavy atom. The zero-order valence-corrected chi connectivity index (χ0v) is 11.3. The molecule has 1 fully saturated rings. The normalized spacial score (nSPS) is 20.3. The number of rotatable bonds is 5. The van der Waals surface area contributed by atoms with Crippen LogP contribution in [0, 0.1) is 0 Å². The Bertz CT molecular complexity index is 300. The molecule has 1 saturated heterocycles. The van der Waals surface area contributed by atoms with Gasteiger partial charge in [0.15, 0.2) is 0 Å². The van der Waals surface area contributed by atoms with E-state index in [-0.39, 0.29) is 6.61 Å². The third-order valence-corrected chi connectivity index (χ3v) is 3.45. The Morgan fingerprint density at radius 1 is 1.32 bits per heavy atom. The van der Waals surface area contributed by atoms with Gasteiger partial charge in [-0.3, -0.25) is 10.1 Å². The van der Waals surface area contributed by atoms with Gasteiger partial charge in [0.05, 0.1) is 13.2 Å². The zero-order chi connectivity index (χ0) is 14.5. The van der Waals surface area contributed by atoms with E-state index < -0.39 is 24.2 Å². The summed E-state index contributed by atoms with van der Waals surface area (Å²) in [5.74, 6) is -0.574. The number of nitrogens with zero attached hydrogens (tertiary/aromatic N) is 1. The lowest BCUT2D eigenvalue weighted by atomic mass is 9.87. The first-order chi connectivity index (χ1) is 8.83. The Balaban J connectivity index is 2.71. The number of halogens is 3. The van der Waals surface area contributed by atoms with Gasteiger partial charge in [-0.15, -0.1) is 0 Å². The molecule has 19 heavy (non-hydrogen) atoms. The number of hydrogen-bond donors (Lipinski definition) is 1. The van der Waals surface area contributed by atoms with Gasteiger partial charge in [0.2, 0.25) is 0 Å². The summed E-state index contributed by atoms with van der Waals surface area (Å²) >= 11 is 0. The van der Waals surface area contributed by atoms with Crippen molar-refractivity contribution in [2.45, 2.75) is 38.4 Å². The Labute approximate surface area is 111 Å². The van der Waals surface area contributed by atoms with Gasteiger partial charge < -0.3 is 9.64 Å². The molecule has 1 aliphatic rings. The summed E-state index contributed by atoms with van der Waals surface area (Å²) in [6.07, 6.45) is -3.65. The molecule has 0 aromatic heterocycles. The number of hydrogen-bond acceptors (Lipinski definition) is 4. The molecule has 0 radical (unpaired) electrons. The number of alkyl halides is 3. The molecular formula is C12H21F3N2O2. The molecule has 0 bridgehead atoms. The summed E-state index contributed by atoms with van der Waals surface area (Å²) in [5, 5.41) is 2.38. The van der Waals surface area contributed by atoms with Crippen LogP contribution in [0.2, 0.25) is 0 Å². The molecule has 0 atom stereocenters. The smallest absolute Gasteiger partial charge is 0.401 e. The van der Waals surface area contributed by atoms with Crippen molar-refractivity contribution in [2.24, 2.45) is 0 Å². The summed E-state index contributed by atoms with van der Waals surface area (Å²) in [7, 11) is 0. The van der Waals surface area contributed by atoms with E-state index in [4.69, 9.17) is 4.74 Å². The summed E-state index contributed by atoms with van der Waals surface area (Å²) in [5.41, 5.74) is -1.20. The molecule has 0 aromatic carbocycles. The monoisotopic (exact) mass is 282 g/mol. The van der Waals surface area contributed by atoms with E-state index in [1.54, 1.807) is 6.92 Å². The van der Waals surface area contributed by atoms with Gasteiger partial charge in [-0.2, -0.15) is 13.2 Å². The van der Waals surface area contributed by atoms with Crippen LogP contribution in [-0.2, 0) is 9.53 Å². The van der Waals surface area contributed by atoms with Crippen LogP contribution in [0.5, 0.6) is 0 Å². The summed E-state index contributed by atoms with van der Waals surface area (Å²) < 4.78 is 42.0. The number of carbonyl (C=O) groups excluding carboxylic acids is 1. The highest BCUT2D eigenvalue weighted by molar-refractivity contribution is 5.81. The molecule has 0 saturated carbocycles. The average molecular weight is 282 g/mol. The van der Waals surface area contributed by atoms with Gasteiger partial charge in [0.25, 0.3) is 0 Å². The Kier molecular flexibility index (Phi) is 5.61. The molecular weight excluding hydrogens is 261 g/mol. The van der Waals surface area contributed by atoms with E-state index in [0.29, 0.717) is 25.9 Å². The summed E-state index contributed by atoms with van der Waals surface area (Å²) in [6.45, 7) is 4.67. The molecule has 7 heteroatoms. The van der Waals surface area contributed by atoms with E-state index in [2.05, 4.69) is 10.2 Å². The molecule has 0 unspecified atom stereocenters. The van der Waals surface area contributed by atoms with Gasteiger partial charge in [-0.25, -0.2) is 0 Å². The van der Waals surface area contributed by atoms with Crippen LogP contribution in [0.1, 0.15) is 26.7 Å². The van der Waals surface area contributed by atoms with Crippen LogP contribution in [0.15, 0.2) is 0 Å². The number of nitrogens with one attached hydrogen (secondary N) is 1. The maximum atomic E-state index is 12.3. The van der Waals surface area contributed by atoms with E-state index in [1.165, 1.54) is 0 Å². The molecule has 0 aromatic rings. The number of esters is 1. The van der Waals surface area contributed by atoms with E-state index in [0.717, 1.165) is 6.54 Å². The molecule has 4 nitrogen and oxygen atoms in total. The molecule has 1 N–H and O–H groups in total.